The fourth-order valence-corrected chi connectivity index (χ4v) is 2.80. The van der Waals surface area contributed by atoms with Crippen LogP contribution in [0.1, 0.15) is 24.1 Å². The van der Waals surface area contributed by atoms with Crippen LogP contribution in [0, 0.1) is 0 Å². The van der Waals surface area contributed by atoms with Crippen LogP contribution >= 0.6 is 11.3 Å². The van der Waals surface area contributed by atoms with E-state index in [1.165, 1.54) is 4.88 Å². The first-order valence-corrected chi connectivity index (χ1v) is 7.21. The molecule has 4 nitrogen and oxygen atoms in total. The molecule has 5 heteroatoms. The van der Waals surface area contributed by atoms with Crippen molar-refractivity contribution in [2.24, 2.45) is 0 Å². The van der Waals surface area contributed by atoms with E-state index in [0.29, 0.717) is 26.1 Å². The van der Waals surface area contributed by atoms with E-state index in [-0.39, 0.29) is 11.9 Å². The largest absolute Gasteiger partial charge is 0.389 e. The molecule has 1 aliphatic heterocycles. The quantitative estimate of drug-likeness (QED) is 0.848. The van der Waals surface area contributed by atoms with Crippen molar-refractivity contribution in [3.63, 3.8) is 0 Å². The van der Waals surface area contributed by atoms with Crippen molar-refractivity contribution < 1.29 is 14.6 Å². The average Bonchev–Trinajstić information content (AvgIpc) is 2.85. The van der Waals surface area contributed by atoms with Crippen molar-refractivity contribution in [2.45, 2.75) is 37.8 Å². The van der Waals surface area contributed by atoms with E-state index in [1.54, 1.807) is 11.3 Å². The molecular weight excluding hydrogens is 250 g/mol. The lowest BCUT2D eigenvalue weighted by atomic mass is 10.1. The second-order valence-corrected chi connectivity index (χ2v) is 5.57. The molecule has 1 fully saturated rings. The highest BCUT2D eigenvalue weighted by Gasteiger charge is 2.24. The SMILES string of the molecule is O=C(CCCc1cccs1)N[C@@H]1CCOC[C@H]1O. The zero-order chi connectivity index (χ0) is 12.8. The molecule has 0 bridgehead atoms. The molecule has 1 aliphatic rings. The number of aliphatic hydroxyl groups is 1. The maximum absolute atomic E-state index is 11.7. The summed E-state index contributed by atoms with van der Waals surface area (Å²) in [6.45, 7) is 0.928. The molecule has 2 N–H and O–H groups in total. The number of rotatable bonds is 5. The number of carbonyl (C=O) groups is 1. The molecule has 1 aromatic heterocycles. The maximum atomic E-state index is 11.7. The van der Waals surface area contributed by atoms with E-state index in [4.69, 9.17) is 4.74 Å². The van der Waals surface area contributed by atoms with Crippen LogP contribution < -0.4 is 5.32 Å². The molecular formula is C13H19NO3S. The summed E-state index contributed by atoms with van der Waals surface area (Å²) in [7, 11) is 0. The summed E-state index contributed by atoms with van der Waals surface area (Å²) < 4.78 is 5.12. The topological polar surface area (TPSA) is 58.6 Å². The molecule has 1 aromatic rings. The van der Waals surface area contributed by atoms with Crippen LogP contribution in [0.5, 0.6) is 0 Å². The zero-order valence-corrected chi connectivity index (χ0v) is 11.1. The molecule has 0 aromatic carbocycles. The average molecular weight is 269 g/mol. The highest BCUT2D eigenvalue weighted by molar-refractivity contribution is 7.09. The molecule has 1 amide bonds. The summed E-state index contributed by atoms with van der Waals surface area (Å²) >= 11 is 1.72. The summed E-state index contributed by atoms with van der Waals surface area (Å²) in [6, 6.07) is 3.97. The zero-order valence-electron chi connectivity index (χ0n) is 10.3. The molecule has 0 spiro atoms. The summed E-state index contributed by atoms with van der Waals surface area (Å²) in [4.78, 5) is 13.0. The molecule has 1 saturated heterocycles. The van der Waals surface area contributed by atoms with Gasteiger partial charge in [0.2, 0.25) is 5.91 Å². The number of nitrogens with one attached hydrogen (secondary N) is 1. The van der Waals surface area contributed by atoms with Crippen molar-refractivity contribution in [1.29, 1.82) is 0 Å². The van der Waals surface area contributed by atoms with Crippen molar-refractivity contribution >= 4 is 17.2 Å². The van der Waals surface area contributed by atoms with Gasteiger partial charge in [-0.15, -0.1) is 11.3 Å². The molecule has 0 aliphatic carbocycles. The number of ether oxygens (including phenoxy) is 1. The van der Waals surface area contributed by atoms with Crippen molar-refractivity contribution in [3.05, 3.63) is 22.4 Å². The van der Waals surface area contributed by atoms with E-state index < -0.39 is 6.10 Å². The first-order valence-electron chi connectivity index (χ1n) is 6.33. The van der Waals surface area contributed by atoms with E-state index in [2.05, 4.69) is 11.4 Å². The third kappa shape index (κ3) is 4.08. The number of amides is 1. The molecule has 2 atom stereocenters. The number of carbonyl (C=O) groups excluding carboxylic acids is 1. The Morgan fingerprint density at radius 2 is 2.50 bits per heavy atom. The van der Waals surface area contributed by atoms with Crippen molar-refractivity contribution in [3.8, 4) is 0 Å². The third-order valence-electron chi connectivity index (χ3n) is 3.08. The highest BCUT2D eigenvalue weighted by atomic mass is 32.1. The Kier molecular flexibility index (Phi) is 5.16. The van der Waals surface area contributed by atoms with Crippen LogP contribution in [0.4, 0.5) is 0 Å². The Morgan fingerprint density at radius 1 is 1.61 bits per heavy atom. The minimum absolute atomic E-state index is 0.0255. The Bertz CT molecular complexity index is 366. The van der Waals surface area contributed by atoms with Gasteiger partial charge in [-0.3, -0.25) is 4.79 Å². The van der Waals surface area contributed by atoms with Crippen LogP contribution in [0.15, 0.2) is 17.5 Å². The molecule has 100 valence electrons. The molecule has 2 rings (SSSR count). The third-order valence-corrected chi connectivity index (χ3v) is 4.02. The highest BCUT2D eigenvalue weighted by Crippen LogP contribution is 2.12. The molecule has 0 unspecified atom stereocenters. The second-order valence-electron chi connectivity index (χ2n) is 4.54. The van der Waals surface area contributed by atoms with Crippen LogP contribution in [0.2, 0.25) is 0 Å². The Morgan fingerprint density at radius 3 is 3.22 bits per heavy atom. The number of aryl methyl sites for hydroxylation is 1. The van der Waals surface area contributed by atoms with Crippen LogP contribution in [-0.4, -0.2) is 36.4 Å². The maximum Gasteiger partial charge on any atom is 0.220 e. The first-order chi connectivity index (χ1) is 8.75. The summed E-state index contributed by atoms with van der Waals surface area (Å²) in [5.41, 5.74) is 0. The van der Waals surface area contributed by atoms with E-state index in [0.717, 1.165) is 12.8 Å². The smallest absolute Gasteiger partial charge is 0.220 e. The summed E-state index contributed by atoms with van der Waals surface area (Å²) in [5, 5.41) is 14.6. The van der Waals surface area contributed by atoms with Gasteiger partial charge in [-0.05, 0) is 30.7 Å². The van der Waals surface area contributed by atoms with Crippen molar-refractivity contribution in [2.75, 3.05) is 13.2 Å². The van der Waals surface area contributed by atoms with Gasteiger partial charge in [-0.1, -0.05) is 6.07 Å². The fourth-order valence-electron chi connectivity index (χ4n) is 2.05. The van der Waals surface area contributed by atoms with Crippen LogP contribution in [-0.2, 0) is 16.0 Å². The summed E-state index contributed by atoms with van der Waals surface area (Å²) in [6.07, 6.45) is 2.44. The van der Waals surface area contributed by atoms with Gasteiger partial charge >= 0.3 is 0 Å². The van der Waals surface area contributed by atoms with Gasteiger partial charge in [0, 0.05) is 17.9 Å². The van der Waals surface area contributed by atoms with Gasteiger partial charge < -0.3 is 15.2 Å². The number of hydrogen-bond acceptors (Lipinski definition) is 4. The lowest BCUT2D eigenvalue weighted by molar-refractivity contribution is -0.124. The van der Waals surface area contributed by atoms with E-state index in [9.17, 15) is 9.90 Å². The number of hydrogen-bond donors (Lipinski definition) is 2. The van der Waals surface area contributed by atoms with Gasteiger partial charge in [-0.25, -0.2) is 0 Å². The van der Waals surface area contributed by atoms with Gasteiger partial charge in [0.25, 0.3) is 0 Å². The molecule has 18 heavy (non-hydrogen) atoms. The lowest BCUT2D eigenvalue weighted by Crippen LogP contribution is -2.48. The predicted molar refractivity (Wildman–Crippen MR) is 70.6 cm³/mol. The van der Waals surface area contributed by atoms with Crippen molar-refractivity contribution in [1.82, 2.24) is 5.32 Å². The second kappa shape index (κ2) is 6.87. The predicted octanol–water partition coefficient (Wildman–Crippen LogP) is 1.34. The Hall–Kier alpha value is -0.910. The molecule has 2 heterocycles. The van der Waals surface area contributed by atoms with E-state index >= 15 is 0 Å². The van der Waals surface area contributed by atoms with Crippen LogP contribution in [0.3, 0.4) is 0 Å². The Balaban J connectivity index is 1.65. The minimum atomic E-state index is -0.569. The Labute approximate surface area is 111 Å². The van der Waals surface area contributed by atoms with Crippen LogP contribution in [0.25, 0.3) is 0 Å². The number of aliphatic hydroxyl groups excluding tert-OH is 1. The van der Waals surface area contributed by atoms with Gasteiger partial charge in [0.15, 0.2) is 0 Å². The van der Waals surface area contributed by atoms with E-state index in [1.807, 2.05) is 11.4 Å². The molecule has 0 radical (unpaired) electrons. The first kappa shape index (κ1) is 13.5. The number of thiophene rings is 1. The minimum Gasteiger partial charge on any atom is -0.389 e. The molecule has 0 saturated carbocycles. The van der Waals surface area contributed by atoms with Gasteiger partial charge in [-0.2, -0.15) is 0 Å². The summed E-state index contributed by atoms with van der Waals surface area (Å²) in [5.74, 6) is 0.0255. The monoisotopic (exact) mass is 269 g/mol. The van der Waals surface area contributed by atoms with Gasteiger partial charge in [0.1, 0.15) is 0 Å². The standard InChI is InChI=1S/C13H19NO3S/c15-12-9-17-7-6-11(12)14-13(16)5-1-3-10-4-2-8-18-10/h2,4,8,11-12,15H,1,3,5-7,9H2,(H,14,16)/t11-,12-/m1/s1. The lowest BCUT2D eigenvalue weighted by Gasteiger charge is -2.28. The fraction of sp³-hybridized carbons (Fsp3) is 0.615. The normalized spacial score (nSPS) is 23.8. The van der Waals surface area contributed by atoms with Gasteiger partial charge in [0.05, 0.1) is 18.8 Å².